The summed E-state index contributed by atoms with van der Waals surface area (Å²) in [4.78, 5) is 71.9. The smallest absolute Gasteiger partial charge is 0.330 e. The third-order valence-electron chi connectivity index (χ3n) is 4.16. The molecule has 0 aliphatic carbocycles. The van der Waals surface area contributed by atoms with Crippen molar-refractivity contribution in [2.24, 2.45) is 0 Å². The second-order valence-corrected chi connectivity index (χ2v) is 6.73. The third kappa shape index (κ3) is 6.00. The van der Waals surface area contributed by atoms with Crippen LogP contribution in [-0.2, 0) is 42.9 Å². The van der Waals surface area contributed by atoms with Crippen molar-refractivity contribution in [3.05, 3.63) is 32.9 Å². The number of hydrogen-bond acceptors (Lipinski definition) is 11. The van der Waals surface area contributed by atoms with Gasteiger partial charge in [0.25, 0.3) is 5.56 Å². The molecule has 176 valence electrons. The standard InChI is InChI=1S/C18H21FN2O11/c1-7(22)28-6-12-13(29-8(2)23)14(30-9(3)24)15(31-10(4)25)17(32-12)21-5-11(19)16(26)20-18(21)27/h5,12-15,17H,6H2,1-4H3,(H,20,26,27)/t12-,13-,14+,15+,17-/m1/s1. The van der Waals surface area contributed by atoms with Crippen molar-refractivity contribution in [1.82, 2.24) is 9.55 Å². The zero-order valence-corrected chi connectivity index (χ0v) is 17.5. The number of aromatic amines is 1. The van der Waals surface area contributed by atoms with E-state index in [2.05, 4.69) is 0 Å². The molecule has 1 aliphatic heterocycles. The van der Waals surface area contributed by atoms with Crippen molar-refractivity contribution in [2.45, 2.75) is 58.3 Å². The van der Waals surface area contributed by atoms with Crippen LogP contribution < -0.4 is 11.2 Å². The molecule has 1 N–H and O–H groups in total. The van der Waals surface area contributed by atoms with Gasteiger partial charge in [0.05, 0.1) is 6.20 Å². The summed E-state index contributed by atoms with van der Waals surface area (Å²) >= 11 is 0. The maximum absolute atomic E-state index is 13.9. The maximum atomic E-state index is 13.9. The Hall–Kier alpha value is -3.55. The largest absolute Gasteiger partial charge is 0.463 e. The van der Waals surface area contributed by atoms with Crippen molar-refractivity contribution < 1.29 is 47.3 Å². The molecule has 1 aromatic rings. The Labute approximate surface area is 179 Å². The second kappa shape index (κ2) is 10.2. The first-order chi connectivity index (χ1) is 14.9. The predicted molar refractivity (Wildman–Crippen MR) is 98.5 cm³/mol. The Kier molecular flexibility index (Phi) is 7.86. The zero-order valence-electron chi connectivity index (χ0n) is 17.5. The number of aromatic nitrogens is 2. The van der Waals surface area contributed by atoms with E-state index >= 15 is 0 Å². The van der Waals surface area contributed by atoms with Crippen LogP contribution in [-0.4, -0.2) is 64.5 Å². The molecule has 1 saturated heterocycles. The quantitative estimate of drug-likeness (QED) is 0.405. The lowest BCUT2D eigenvalue weighted by Gasteiger charge is -2.44. The third-order valence-corrected chi connectivity index (χ3v) is 4.16. The van der Waals surface area contributed by atoms with E-state index in [1.54, 1.807) is 4.98 Å². The van der Waals surface area contributed by atoms with Crippen LogP contribution in [0.25, 0.3) is 0 Å². The lowest BCUT2D eigenvalue weighted by Crippen LogP contribution is -2.61. The lowest BCUT2D eigenvalue weighted by molar-refractivity contribution is -0.269. The molecule has 0 aromatic carbocycles. The van der Waals surface area contributed by atoms with E-state index in [1.165, 1.54) is 0 Å². The summed E-state index contributed by atoms with van der Waals surface area (Å²) in [7, 11) is 0. The lowest BCUT2D eigenvalue weighted by atomic mass is 9.97. The molecule has 2 rings (SSSR count). The first-order valence-corrected chi connectivity index (χ1v) is 9.22. The zero-order chi connectivity index (χ0) is 24.2. The van der Waals surface area contributed by atoms with E-state index in [-0.39, 0.29) is 0 Å². The van der Waals surface area contributed by atoms with Crippen LogP contribution in [0.4, 0.5) is 4.39 Å². The fourth-order valence-corrected chi connectivity index (χ4v) is 3.08. The van der Waals surface area contributed by atoms with Crippen LogP contribution in [0.5, 0.6) is 0 Å². The second-order valence-electron chi connectivity index (χ2n) is 6.73. The van der Waals surface area contributed by atoms with Crippen LogP contribution in [0.3, 0.4) is 0 Å². The van der Waals surface area contributed by atoms with Crippen molar-refractivity contribution in [1.29, 1.82) is 0 Å². The number of ether oxygens (including phenoxy) is 5. The minimum absolute atomic E-state index is 0.502. The first kappa shape index (κ1) is 24.7. The highest BCUT2D eigenvalue weighted by atomic mass is 19.1. The van der Waals surface area contributed by atoms with Crippen LogP contribution >= 0.6 is 0 Å². The molecule has 32 heavy (non-hydrogen) atoms. The number of nitrogens with one attached hydrogen (secondary N) is 1. The van der Waals surface area contributed by atoms with E-state index in [1.807, 2.05) is 0 Å². The van der Waals surface area contributed by atoms with E-state index < -0.39 is 78.2 Å². The highest BCUT2D eigenvalue weighted by molar-refractivity contribution is 5.68. The van der Waals surface area contributed by atoms with Gasteiger partial charge >= 0.3 is 29.6 Å². The number of carbonyl (C=O) groups is 4. The molecule has 0 bridgehead atoms. The Morgan fingerprint density at radius 3 is 2.00 bits per heavy atom. The number of esters is 4. The highest BCUT2D eigenvalue weighted by Crippen LogP contribution is 2.34. The van der Waals surface area contributed by atoms with Gasteiger partial charge in [0.1, 0.15) is 12.7 Å². The van der Waals surface area contributed by atoms with Gasteiger partial charge in [0.15, 0.2) is 24.5 Å². The Morgan fingerprint density at radius 2 is 1.47 bits per heavy atom. The number of hydrogen-bond donors (Lipinski definition) is 1. The Morgan fingerprint density at radius 1 is 0.938 bits per heavy atom. The molecule has 1 aliphatic rings. The van der Waals surface area contributed by atoms with Crippen molar-refractivity contribution in [2.75, 3.05) is 6.61 Å². The molecule has 13 nitrogen and oxygen atoms in total. The van der Waals surface area contributed by atoms with Gasteiger partial charge in [0.2, 0.25) is 5.82 Å². The van der Waals surface area contributed by atoms with Gasteiger partial charge in [-0.1, -0.05) is 0 Å². The van der Waals surface area contributed by atoms with Crippen LogP contribution in [0.1, 0.15) is 33.9 Å². The number of H-pyrrole nitrogens is 1. The molecule has 1 fully saturated rings. The minimum Gasteiger partial charge on any atom is -0.463 e. The summed E-state index contributed by atoms with van der Waals surface area (Å²) in [5, 5.41) is 0. The van der Waals surface area contributed by atoms with Gasteiger partial charge < -0.3 is 23.7 Å². The van der Waals surface area contributed by atoms with Gasteiger partial charge in [-0.25, -0.2) is 4.79 Å². The summed E-state index contributed by atoms with van der Waals surface area (Å²) in [6.45, 7) is 3.63. The molecular formula is C18H21FN2O11. The minimum atomic E-state index is -1.67. The molecule has 2 heterocycles. The van der Waals surface area contributed by atoms with Gasteiger partial charge in [0, 0.05) is 27.7 Å². The fraction of sp³-hybridized carbons (Fsp3) is 0.556. The van der Waals surface area contributed by atoms with E-state index in [0.717, 1.165) is 27.7 Å². The van der Waals surface area contributed by atoms with Crippen molar-refractivity contribution >= 4 is 23.9 Å². The van der Waals surface area contributed by atoms with Gasteiger partial charge in [-0.3, -0.25) is 33.5 Å². The Balaban J connectivity index is 2.65. The molecule has 1 aromatic heterocycles. The van der Waals surface area contributed by atoms with Gasteiger partial charge in [-0.05, 0) is 0 Å². The molecule has 0 radical (unpaired) electrons. The molecule has 0 unspecified atom stereocenters. The molecule has 14 heteroatoms. The molecule has 0 amide bonds. The maximum Gasteiger partial charge on any atom is 0.330 e. The predicted octanol–water partition coefficient (Wildman–Crippen LogP) is -1.07. The van der Waals surface area contributed by atoms with Gasteiger partial charge in [-0.15, -0.1) is 0 Å². The summed E-state index contributed by atoms with van der Waals surface area (Å²) in [6, 6.07) is 0. The molecule has 0 spiro atoms. The van der Waals surface area contributed by atoms with E-state index in [9.17, 15) is 33.2 Å². The van der Waals surface area contributed by atoms with Crippen LogP contribution in [0.2, 0.25) is 0 Å². The molecule has 0 saturated carbocycles. The average molecular weight is 460 g/mol. The monoisotopic (exact) mass is 460 g/mol. The highest BCUT2D eigenvalue weighted by Gasteiger charge is 2.53. The summed E-state index contributed by atoms with van der Waals surface area (Å²) in [5.41, 5.74) is -2.45. The van der Waals surface area contributed by atoms with Crippen molar-refractivity contribution in [3.8, 4) is 0 Å². The first-order valence-electron chi connectivity index (χ1n) is 9.22. The number of carbonyl (C=O) groups excluding carboxylic acids is 4. The van der Waals surface area contributed by atoms with Crippen molar-refractivity contribution in [3.63, 3.8) is 0 Å². The average Bonchev–Trinajstić information content (AvgIpc) is 2.65. The topological polar surface area (TPSA) is 169 Å². The fourth-order valence-electron chi connectivity index (χ4n) is 3.08. The molecular weight excluding hydrogens is 439 g/mol. The van der Waals surface area contributed by atoms with Gasteiger partial charge in [-0.2, -0.15) is 4.39 Å². The Bertz CT molecular complexity index is 1020. The number of rotatable bonds is 6. The van der Waals surface area contributed by atoms with Crippen LogP contribution in [0.15, 0.2) is 15.8 Å². The number of halogens is 1. The SMILES string of the molecule is CC(=O)OC[C@H]1O[C@@H](n2cc(F)c(=O)[nH]c2=O)[C@@H](OC(C)=O)[C@@H](OC(C)=O)[C@@H]1OC(C)=O. The van der Waals surface area contributed by atoms with E-state index in [4.69, 9.17) is 23.7 Å². The molecule has 5 atom stereocenters. The summed E-state index contributed by atoms with van der Waals surface area (Å²) < 4.78 is 40.6. The number of nitrogens with zero attached hydrogens (tertiary/aromatic N) is 1. The van der Waals surface area contributed by atoms with E-state index in [0.29, 0.717) is 10.8 Å². The van der Waals surface area contributed by atoms with Crippen LogP contribution in [0, 0.1) is 5.82 Å². The summed E-state index contributed by atoms with van der Waals surface area (Å²) in [5.74, 6) is -4.71. The normalized spacial score (nSPS) is 24.8. The summed E-state index contributed by atoms with van der Waals surface area (Å²) in [6.07, 6.45) is -7.14.